The Morgan fingerprint density at radius 1 is 1.20 bits per heavy atom. The van der Waals surface area contributed by atoms with Crippen LogP contribution in [0.1, 0.15) is 47.5 Å². The van der Waals surface area contributed by atoms with Gasteiger partial charge in [-0.1, -0.05) is 0 Å². The standard InChI is InChI=1S/C12H24O3/c1-7-15-12(4,5)10(13)8-9-11(2,3)14-6/h7-9H2,1-6H3. The van der Waals surface area contributed by atoms with Gasteiger partial charge in [0, 0.05) is 20.1 Å². The minimum absolute atomic E-state index is 0.134. The third kappa shape index (κ3) is 5.28. The van der Waals surface area contributed by atoms with Gasteiger partial charge in [-0.2, -0.15) is 0 Å². The molecule has 0 heterocycles. The van der Waals surface area contributed by atoms with Crippen LogP contribution < -0.4 is 0 Å². The number of carbonyl (C=O) groups excluding carboxylic acids is 1. The van der Waals surface area contributed by atoms with Crippen molar-refractivity contribution in [2.24, 2.45) is 0 Å². The van der Waals surface area contributed by atoms with Gasteiger partial charge in [0.2, 0.25) is 0 Å². The second kappa shape index (κ2) is 5.61. The van der Waals surface area contributed by atoms with E-state index in [1.165, 1.54) is 0 Å². The number of ketones is 1. The van der Waals surface area contributed by atoms with Gasteiger partial charge in [-0.25, -0.2) is 0 Å². The molecule has 0 aliphatic heterocycles. The predicted octanol–water partition coefficient (Wildman–Crippen LogP) is 2.58. The summed E-state index contributed by atoms with van der Waals surface area (Å²) in [4.78, 5) is 11.8. The van der Waals surface area contributed by atoms with E-state index in [4.69, 9.17) is 9.47 Å². The van der Waals surface area contributed by atoms with Gasteiger partial charge < -0.3 is 9.47 Å². The molecule has 0 aromatic carbocycles. The number of Topliss-reactive ketones (excluding diaryl/α,β-unsaturated/α-hetero) is 1. The Kier molecular flexibility index (Phi) is 5.46. The number of hydrogen-bond acceptors (Lipinski definition) is 3. The van der Waals surface area contributed by atoms with Crippen LogP contribution in [0.4, 0.5) is 0 Å². The largest absolute Gasteiger partial charge is 0.379 e. The summed E-state index contributed by atoms with van der Waals surface area (Å²) in [6, 6.07) is 0. The molecular formula is C12H24O3. The molecule has 0 aliphatic carbocycles. The maximum absolute atomic E-state index is 11.8. The number of ether oxygens (including phenoxy) is 2. The van der Waals surface area contributed by atoms with Crippen LogP contribution in [0.15, 0.2) is 0 Å². The number of hydrogen-bond donors (Lipinski definition) is 0. The monoisotopic (exact) mass is 216 g/mol. The molecule has 0 N–H and O–H groups in total. The Morgan fingerprint density at radius 2 is 1.73 bits per heavy atom. The van der Waals surface area contributed by atoms with E-state index in [9.17, 15) is 4.79 Å². The molecule has 0 saturated carbocycles. The lowest BCUT2D eigenvalue weighted by Gasteiger charge is -2.26. The summed E-state index contributed by atoms with van der Waals surface area (Å²) in [7, 11) is 1.66. The highest BCUT2D eigenvalue weighted by Crippen LogP contribution is 2.20. The molecule has 0 aliphatic rings. The highest BCUT2D eigenvalue weighted by atomic mass is 16.5. The molecule has 0 radical (unpaired) electrons. The summed E-state index contributed by atoms with van der Waals surface area (Å²) in [6.45, 7) is 10.1. The van der Waals surface area contributed by atoms with Crippen LogP contribution in [-0.4, -0.2) is 30.7 Å². The lowest BCUT2D eigenvalue weighted by molar-refractivity contribution is -0.141. The molecule has 0 aromatic rings. The summed E-state index contributed by atoms with van der Waals surface area (Å²) >= 11 is 0. The molecule has 0 bridgehead atoms. The highest BCUT2D eigenvalue weighted by Gasteiger charge is 2.29. The molecule has 0 aromatic heterocycles. The van der Waals surface area contributed by atoms with Crippen LogP contribution in [-0.2, 0) is 14.3 Å². The van der Waals surface area contributed by atoms with Crippen LogP contribution in [0, 0.1) is 0 Å². The summed E-state index contributed by atoms with van der Waals surface area (Å²) < 4.78 is 10.7. The van der Waals surface area contributed by atoms with Crippen LogP contribution in [0.5, 0.6) is 0 Å². The third-order valence-electron chi connectivity index (χ3n) is 2.68. The first-order valence-corrected chi connectivity index (χ1v) is 5.47. The molecule has 0 rings (SSSR count). The van der Waals surface area contributed by atoms with Crippen molar-refractivity contribution in [1.82, 2.24) is 0 Å². The Labute approximate surface area is 93.1 Å². The van der Waals surface area contributed by atoms with E-state index in [0.29, 0.717) is 13.0 Å². The fourth-order valence-corrected chi connectivity index (χ4v) is 1.26. The summed E-state index contributed by atoms with van der Waals surface area (Å²) in [5.41, 5.74) is -0.906. The zero-order valence-electron chi connectivity index (χ0n) is 10.8. The molecule has 0 unspecified atom stereocenters. The number of methoxy groups -OCH3 is 1. The van der Waals surface area contributed by atoms with Gasteiger partial charge >= 0.3 is 0 Å². The minimum atomic E-state index is -0.668. The lowest BCUT2D eigenvalue weighted by atomic mass is 9.93. The number of carbonyl (C=O) groups is 1. The van der Waals surface area contributed by atoms with E-state index in [1.54, 1.807) is 7.11 Å². The average molecular weight is 216 g/mol. The minimum Gasteiger partial charge on any atom is -0.379 e. The van der Waals surface area contributed by atoms with Crippen molar-refractivity contribution in [2.75, 3.05) is 13.7 Å². The SMILES string of the molecule is CCOC(C)(C)C(=O)CCC(C)(C)OC. The van der Waals surface area contributed by atoms with Gasteiger partial charge in [0.25, 0.3) is 0 Å². The van der Waals surface area contributed by atoms with Gasteiger partial charge in [0.05, 0.1) is 5.60 Å². The Morgan fingerprint density at radius 3 is 2.13 bits per heavy atom. The van der Waals surface area contributed by atoms with Crippen molar-refractivity contribution >= 4 is 5.78 Å². The second-order valence-electron chi connectivity index (χ2n) is 4.83. The quantitative estimate of drug-likeness (QED) is 0.656. The summed E-state index contributed by atoms with van der Waals surface area (Å²) in [6.07, 6.45) is 1.21. The van der Waals surface area contributed by atoms with Crippen molar-refractivity contribution < 1.29 is 14.3 Å². The summed E-state index contributed by atoms with van der Waals surface area (Å²) in [5, 5.41) is 0. The molecular weight excluding hydrogens is 192 g/mol. The van der Waals surface area contributed by atoms with E-state index in [1.807, 2.05) is 34.6 Å². The van der Waals surface area contributed by atoms with E-state index < -0.39 is 5.60 Å². The van der Waals surface area contributed by atoms with Crippen molar-refractivity contribution in [1.29, 1.82) is 0 Å². The highest BCUT2D eigenvalue weighted by molar-refractivity contribution is 5.86. The fourth-order valence-electron chi connectivity index (χ4n) is 1.26. The molecule has 0 saturated heterocycles. The molecule has 15 heavy (non-hydrogen) atoms. The van der Waals surface area contributed by atoms with E-state index in [-0.39, 0.29) is 11.4 Å². The molecule has 90 valence electrons. The zero-order chi connectivity index (χ0) is 12.1. The predicted molar refractivity (Wildman–Crippen MR) is 61.0 cm³/mol. The normalized spacial score (nSPS) is 12.9. The third-order valence-corrected chi connectivity index (χ3v) is 2.68. The van der Waals surface area contributed by atoms with Crippen molar-refractivity contribution in [2.45, 2.75) is 58.7 Å². The fraction of sp³-hybridized carbons (Fsp3) is 0.917. The molecule has 3 nitrogen and oxygen atoms in total. The van der Waals surface area contributed by atoms with Gasteiger partial charge in [0.1, 0.15) is 5.60 Å². The van der Waals surface area contributed by atoms with E-state index in [2.05, 4.69) is 0 Å². The maximum atomic E-state index is 11.8. The van der Waals surface area contributed by atoms with Gasteiger partial charge in [-0.05, 0) is 41.0 Å². The first-order chi connectivity index (χ1) is 6.75. The zero-order valence-corrected chi connectivity index (χ0v) is 10.8. The van der Waals surface area contributed by atoms with E-state index in [0.717, 1.165) is 6.42 Å². The Hall–Kier alpha value is -0.410. The maximum Gasteiger partial charge on any atom is 0.164 e. The van der Waals surface area contributed by atoms with E-state index >= 15 is 0 Å². The van der Waals surface area contributed by atoms with Crippen LogP contribution in [0.25, 0.3) is 0 Å². The van der Waals surface area contributed by atoms with Crippen LogP contribution in [0.3, 0.4) is 0 Å². The lowest BCUT2D eigenvalue weighted by Crippen LogP contribution is -2.36. The molecule has 0 fully saturated rings. The summed E-state index contributed by atoms with van der Waals surface area (Å²) in [5.74, 6) is 0.134. The van der Waals surface area contributed by atoms with Gasteiger partial charge in [-0.15, -0.1) is 0 Å². The van der Waals surface area contributed by atoms with Crippen LogP contribution >= 0.6 is 0 Å². The molecule has 3 heteroatoms. The van der Waals surface area contributed by atoms with Crippen molar-refractivity contribution in [3.05, 3.63) is 0 Å². The van der Waals surface area contributed by atoms with Crippen molar-refractivity contribution in [3.8, 4) is 0 Å². The topological polar surface area (TPSA) is 35.5 Å². The molecule has 0 spiro atoms. The van der Waals surface area contributed by atoms with Crippen LogP contribution in [0.2, 0.25) is 0 Å². The first-order valence-electron chi connectivity index (χ1n) is 5.47. The van der Waals surface area contributed by atoms with Crippen molar-refractivity contribution in [3.63, 3.8) is 0 Å². The molecule has 0 amide bonds. The van der Waals surface area contributed by atoms with Gasteiger partial charge in [-0.3, -0.25) is 4.79 Å². The average Bonchev–Trinajstić information content (AvgIpc) is 2.14. The smallest absolute Gasteiger partial charge is 0.164 e. The second-order valence-corrected chi connectivity index (χ2v) is 4.83. The first kappa shape index (κ1) is 14.6. The molecule has 0 atom stereocenters. The van der Waals surface area contributed by atoms with Gasteiger partial charge in [0.15, 0.2) is 5.78 Å². The number of rotatable bonds is 7. The Balaban J connectivity index is 4.14. The Bertz CT molecular complexity index is 207.